The molecule has 35 heavy (non-hydrogen) atoms. The van der Waals surface area contributed by atoms with Crippen LogP contribution in [0.4, 0.5) is 15.8 Å². The summed E-state index contributed by atoms with van der Waals surface area (Å²) in [6.07, 6.45) is 7.82. The number of nitrogens with zero attached hydrogens (tertiary/aromatic N) is 5. The number of halogens is 1. The number of hydrogen-bond acceptors (Lipinski definition) is 8. The van der Waals surface area contributed by atoms with Gasteiger partial charge >= 0.3 is 0 Å². The normalized spacial score (nSPS) is 11.2. The summed E-state index contributed by atoms with van der Waals surface area (Å²) < 4.78 is 15.8. The lowest BCUT2D eigenvalue weighted by atomic mass is 10.0. The van der Waals surface area contributed by atoms with E-state index in [2.05, 4.69) is 35.2 Å². The highest BCUT2D eigenvalue weighted by Gasteiger charge is 2.23. The van der Waals surface area contributed by atoms with Gasteiger partial charge in [-0.2, -0.15) is 0 Å². The Morgan fingerprint density at radius 2 is 1.94 bits per heavy atom. The number of aromatic nitrogens is 6. The van der Waals surface area contributed by atoms with Gasteiger partial charge < -0.3 is 16.0 Å². The Hall–Kier alpha value is -4.73. The second-order valence-electron chi connectivity index (χ2n) is 8.24. The second kappa shape index (κ2) is 8.90. The Balaban J connectivity index is 1.58. The van der Waals surface area contributed by atoms with E-state index < -0.39 is 5.82 Å². The first-order valence-electron chi connectivity index (χ1n) is 10.9. The predicted octanol–water partition coefficient (Wildman–Crippen LogP) is 4.43. The SMILES string of the molecule is CC(C)Nc1cncc(-c2ncc(N)c(C(=N)c3nc4nccc(-c5ccccn5)c4[nH]3)c2F)c1. The second-order valence-corrected chi connectivity index (χ2v) is 8.24. The van der Waals surface area contributed by atoms with E-state index in [-0.39, 0.29) is 34.5 Å². The lowest BCUT2D eigenvalue weighted by molar-refractivity contribution is 0.623. The number of fused-ring (bicyclic) bond motifs is 1. The molecular weight excluding hydrogens is 445 g/mol. The number of nitrogens with two attached hydrogens (primary N) is 1. The molecule has 5 aromatic heterocycles. The van der Waals surface area contributed by atoms with Crippen molar-refractivity contribution in [1.82, 2.24) is 29.9 Å². The van der Waals surface area contributed by atoms with Crippen molar-refractivity contribution in [3.05, 3.63) is 78.5 Å². The van der Waals surface area contributed by atoms with E-state index in [1.165, 1.54) is 12.4 Å². The van der Waals surface area contributed by atoms with Gasteiger partial charge in [0, 0.05) is 42.0 Å². The van der Waals surface area contributed by atoms with Crippen molar-refractivity contribution in [2.24, 2.45) is 0 Å². The number of hydrogen-bond donors (Lipinski definition) is 4. The molecule has 10 heteroatoms. The first-order valence-corrected chi connectivity index (χ1v) is 10.9. The highest BCUT2D eigenvalue weighted by Crippen LogP contribution is 2.30. The monoisotopic (exact) mass is 467 g/mol. The van der Waals surface area contributed by atoms with E-state index in [1.54, 1.807) is 30.7 Å². The van der Waals surface area contributed by atoms with Crippen LogP contribution in [0.3, 0.4) is 0 Å². The highest BCUT2D eigenvalue weighted by atomic mass is 19.1. The third-order valence-corrected chi connectivity index (χ3v) is 5.34. The summed E-state index contributed by atoms with van der Waals surface area (Å²) >= 11 is 0. The van der Waals surface area contributed by atoms with Gasteiger partial charge in [0.05, 0.1) is 34.3 Å². The third kappa shape index (κ3) is 4.17. The maximum Gasteiger partial charge on any atom is 0.178 e. The molecule has 0 amide bonds. The van der Waals surface area contributed by atoms with Crippen LogP contribution in [0.15, 0.2) is 61.3 Å². The van der Waals surface area contributed by atoms with Crippen LogP contribution in [0.5, 0.6) is 0 Å². The van der Waals surface area contributed by atoms with Gasteiger partial charge in [-0.1, -0.05) is 6.07 Å². The van der Waals surface area contributed by atoms with E-state index in [1.807, 2.05) is 32.0 Å². The molecule has 0 saturated heterocycles. The van der Waals surface area contributed by atoms with Crippen LogP contribution >= 0.6 is 0 Å². The number of anilines is 2. The summed E-state index contributed by atoms with van der Waals surface area (Å²) in [7, 11) is 0. The van der Waals surface area contributed by atoms with Crippen molar-refractivity contribution in [1.29, 1.82) is 5.41 Å². The first-order chi connectivity index (χ1) is 16.9. The molecule has 0 fully saturated rings. The Morgan fingerprint density at radius 1 is 1.09 bits per heavy atom. The standard InChI is InChI=1S/C25H22FN9/c1-13(2)33-15-9-14(10-29-11-15)22-20(26)19(17(27)12-32-22)21(28)24-34-23-16(6-8-31-25(23)35-24)18-5-3-4-7-30-18/h3-13,28,33H,27H2,1-2H3,(H,31,34,35). The number of aromatic amines is 1. The molecule has 9 nitrogen and oxygen atoms in total. The van der Waals surface area contributed by atoms with Gasteiger partial charge in [-0.3, -0.25) is 20.4 Å². The molecule has 0 atom stereocenters. The van der Waals surface area contributed by atoms with Crippen molar-refractivity contribution in [2.45, 2.75) is 19.9 Å². The van der Waals surface area contributed by atoms with Crippen LogP contribution in [-0.4, -0.2) is 41.7 Å². The average molecular weight is 468 g/mol. The molecule has 5 rings (SSSR count). The third-order valence-electron chi connectivity index (χ3n) is 5.34. The molecule has 0 saturated carbocycles. The molecular formula is C25H22FN9. The predicted molar refractivity (Wildman–Crippen MR) is 134 cm³/mol. The van der Waals surface area contributed by atoms with Gasteiger partial charge in [-0.15, -0.1) is 0 Å². The van der Waals surface area contributed by atoms with Crippen molar-refractivity contribution >= 4 is 28.3 Å². The van der Waals surface area contributed by atoms with Crippen LogP contribution in [0.25, 0.3) is 33.7 Å². The molecule has 0 radical (unpaired) electrons. The van der Waals surface area contributed by atoms with Gasteiger partial charge in [0.25, 0.3) is 0 Å². The molecule has 5 N–H and O–H groups in total. The average Bonchev–Trinajstić information content (AvgIpc) is 3.29. The number of H-pyrrole nitrogens is 1. The van der Waals surface area contributed by atoms with Crippen molar-refractivity contribution in [2.75, 3.05) is 11.1 Å². The zero-order valence-corrected chi connectivity index (χ0v) is 19.0. The van der Waals surface area contributed by atoms with Crippen molar-refractivity contribution in [3.8, 4) is 22.5 Å². The quantitative estimate of drug-likeness (QED) is 0.271. The van der Waals surface area contributed by atoms with E-state index in [4.69, 9.17) is 11.1 Å². The van der Waals surface area contributed by atoms with Crippen LogP contribution in [-0.2, 0) is 0 Å². The Labute approximate surface area is 200 Å². The summed E-state index contributed by atoms with van der Waals surface area (Å²) in [4.78, 5) is 24.6. The smallest absolute Gasteiger partial charge is 0.178 e. The number of nitrogens with one attached hydrogen (secondary N) is 3. The summed E-state index contributed by atoms with van der Waals surface area (Å²) in [5.41, 5.74) is 9.51. The Morgan fingerprint density at radius 3 is 2.71 bits per heavy atom. The largest absolute Gasteiger partial charge is 0.397 e. The van der Waals surface area contributed by atoms with Crippen LogP contribution in [0.1, 0.15) is 25.2 Å². The molecule has 0 spiro atoms. The first kappa shape index (κ1) is 22.1. The lowest BCUT2D eigenvalue weighted by Gasteiger charge is -2.13. The number of rotatable bonds is 6. The zero-order chi connectivity index (χ0) is 24.5. The van der Waals surface area contributed by atoms with Crippen molar-refractivity contribution in [3.63, 3.8) is 0 Å². The maximum atomic E-state index is 15.8. The summed E-state index contributed by atoms with van der Waals surface area (Å²) in [5.74, 6) is -0.594. The maximum absolute atomic E-state index is 15.8. The zero-order valence-electron chi connectivity index (χ0n) is 19.0. The minimum absolute atomic E-state index is 0.0269. The van der Waals surface area contributed by atoms with Gasteiger partial charge in [-0.25, -0.2) is 14.4 Å². The van der Waals surface area contributed by atoms with Crippen LogP contribution in [0, 0.1) is 11.2 Å². The summed E-state index contributed by atoms with van der Waals surface area (Å²) in [6.45, 7) is 3.99. The van der Waals surface area contributed by atoms with Gasteiger partial charge in [0.1, 0.15) is 11.4 Å². The number of pyridine rings is 4. The minimum Gasteiger partial charge on any atom is -0.397 e. The summed E-state index contributed by atoms with van der Waals surface area (Å²) in [6, 6.07) is 9.31. The molecule has 174 valence electrons. The molecule has 0 aromatic carbocycles. The van der Waals surface area contributed by atoms with E-state index in [0.717, 1.165) is 16.9 Å². The molecule has 0 unspecified atom stereocenters. The van der Waals surface area contributed by atoms with E-state index >= 15 is 4.39 Å². The lowest BCUT2D eigenvalue weighted by Crippen LogP contribution is -2.12. The molecule has 0 bridgehead atoms. The fraction of sp³-hybridized carbons (Fsp3) is 0.120. The Bertz CT molecular complexity index is 1540. The van der Waals surface area contributed by atoms with Gasteiger partial charge in [0.15, 0.2) is 17.3 Å². The number of nitrogen functional groups attached to an aromatic ring is 1. The summed E-state index contributed by atoms with van der Waals surface area (Å²) in [5, 5.41) is 12.0. The van der Waals surface area contributed by atoms with Gasteiger partial charge in [-0.05, 0) is 38.1 Å². The van der Waals surface area contributed by atoms with E-state index in [0.29, 0.717) is 16.7 Å². The minimum atomic E-state index is -0.725. The van der Waals surface area contributed by atoms with E-state index in [9.17, 15) is 0 Å². The molecule has 5 heterocycles. The molecule has 0 aliphatic heterocycles. The molecule has 5 aromatic rings. The van der Waals surface area contributed by atoms with Crippen LogP contribution in [0.2, 0.25) is 0 Å². The molecule has 0 aliphatic rings. The fourth-order valence-corrected chi connectivity index (χ4v) is 3.82. The molecule has 0 aliphatic carbocycles. The van der Waals surface area contributed by atoms with Crippen LogP contribution < -0.4 is 11.1 Å². The topological polar surface area (TPSA) is 142 Å². The fourth-order valence-electron chi connectivity index (χ4n) is 3.82. The van der Waals surface area contributed by atoms with Crippen molar-refractivity contribution < 1.29 is 4.39 Å². The Kier molecular flexibility index (Phi) is 5.61. The number of imidazole rings is 1. The van der Waals surface area contributed by atoms with Gasteiger partial charge in [0.2, 0.25) is 0 Å². The highest BCUT2D eigenvalue weighted by molar-refractivity contribution is 6.13.